The standard InChI is InChI=1S/C28H29ClF2N6O4S/c29-20-3-1-19(2-4-20)11-25-26(39)37(27(40)42-25)14-22(38)13-34-7-9-35(10-8-34)15-28(41,16-36-18-32-17-33-36)23-6-5-21(30)12-24(23)31/h1-6,11-12,17-18,22,38,41H,7-10,13-16H2/t22-,28+/m1/s1. The van der Waals surface area contributed by atoms with Crippen molar-refractivity contribution in [1.82, 2.24) is 29.5 Å². The maximum absolute atomic E-state index is 14.7. The normalized spacial score (nSPS) is 19.9. The number of piperazine rings is 1. The quantitative estimate of drug-likeness (QED) is 0.331. The van der Waals surface area contributed by atoms with E-state index in [9.17, 15) is 28.6 Å². The largest absolute Gasteiger partial charge is 0.390 e. The molecular weight excluding hydrogens is 590 g/mol. The Morgan fingerprint density at radius 1 is 1.02 bits per heavy atom. The molecule has 0 unspecified atom stereocenters. The van der Waals surface area contributed by atoms with Crippen molar-refractivity contribution < 1.29 is 28.6 Å². The van der Waals surface area contributed by atoms with Gasteiger partial charge in [-0.15, -0.1) is 0 Å². The molecule has 2 N–H and O–H groups in total. The number of halogens is 3. The third kappa shape index (κ3) is 7.22. The van der Waals surface area contributed by atoms with Gasteiger partial charge in [-0.25, -0.2) is 18.4 Å². The van der Waals surface area contributed by atoms with Crippen molar-refractivity contribution in [2.24, 2.45) is 0 Å². The van der Waals surface area contributed by atoms with E-state index in [1.807, 2.05) is 9.80 Å². The van der Waals surface area contributed by atoms with E-state index >= 15 is 0 Å². The summed E-state index contributed by atoms with van der Waals surface area (Å²) in [5, 5.41) is 26.5. The van der Waals surface area contributed by atoms with E-state index in [0.717, 1.165) is 34.4 Å². The van der Waals surface area contributed by atoms with Gasteiger partial charge >= 0.3 is 0 Å². The highest BCUT2D eigenvalue weighted by Gasteiger charge is 2.38. The summed E-state index contributed by atoms with van der Waals surface area (Å²) in [5.41, 5.74) is -1.02. The van der Waals surface area contributed by atoms with Crippen molar-refractivity contribution in [1.29, 1.82) is 0 Å². The number of hydrogen-bond donors (Lipinski definition) is 2. The summed E-state index contributed by atoms with van der Waals surface area (Å²) in [4.78, 5) is 34.5. The zero-order chi connectivity index (χ0) is 29.9. The second-order valence-electron chi connectivity index (χ2n) is 10.3. The lowest BCUT2D eigenvalue weighted by atomic mass is 9.92. The number of aliphatic hydroxyl groups is 2. The van der Waals surface area contributed by atoms with Gasteiger partial charge in [0.05, 0.1) is 24.1 Å². The Hall–Kier alpha value is -3.20. The van der Waals surface area contributed by atoms with Crippen LogP contribution in [0, 0.1) is 11.6 Å². The molecule has 2 atom stereocenters. The summed E-state index contributed by atoms with van der Waals surface area (Å²) in [6.45, 7) is 2.13. The number of carbonyl (C=O) groups is 2. The van der Waals surface area contributed by atoms with Gasteiger partial charge in [0.1, 0.15) is 29.9 Å². The molecule has 0 radical (unpaired) electrons. The predicted molar refractivity (Wildman–Crippen MR) is 153 cm³/mol. The summed E-state index contributed by atoms with van der Waals surface area (Å²) >= 11 is 6.74. The zero-order valence-electron chi connectivity index (χ0n) is 22.4. The molecule has 0 saturated carbocycles. The van der Waals surface area contributed by atoms with Crippen LogP contribution in [0.25, 0.3) is 6.08 Å². The summed E-state index contributed by atoms with van der Waals surface area (Å²) in [6, 6.07) is 9.97. The number of rotatable bonds is 10. The van der Waals surface area contributed by atoms with E-state index in [4.69, 9.17) is 11.6 Å². The lowest BCUT2D eigenvalue weighted by Gasteiger charge is -2.40. The number of aliphatic hydroxyl groups excluding tert-OH is 1. The van der Waals surface area contributed by atoms with Crippen molar-refractivity contribution >= 4 is 40.6 Å². The fourth-order valence-electron chi connectivity index (χ4n) is 5.10. The lowest BCUT2D eigenvalue weighted by Crippen LogP contribution is -2.54. The van der Waals surface area contributed by atoms with Crippen LogP contribution < -0.4 is 0 Å². The molecule has 2 amide bonds. The zero-order valence-corrected chi connectivity index (χ0v) is 24.0. The summed E-state index contributed by atoms with van der Waals surface area (Å²) in [5.74, 6) is -2.05. The van der Waals surface area contributed by atoms with Crippen molar-refractivity contribution in [3.63, 3.8) is 0 Å². The molecule has 2 saturated heterocycles. The number of carbonyl (C=O) groups excluding carboxylic acids is 2. The molecule has 3 heterocycles. The number of hydrogen-bond acceptors (Lipinski definition) is 9. The Bertz CT molecular complexity index is 1450. The monoisotopic (exact) mass is 618 g/mol. The van der Waals surface area contributed by atoms with E-state index in [1.54, 1.807) is 30.3 Å². The topological polar surface area (TPSA) is 115 Å². The summed E-state index contributed by atoms with van der Waals surface area (Å²) < 4.78 is 29.7. The Labute approximate surface area is 250 Å². The summed E-state index contributed by atoms with van der Waals surface area (Å²) in [6.07, 6.45) is 3.38. The number of aromatic nitrogens is 3. The molecule has 3 aromatic rings. The van der Waals surface area contributed by atoms with Crippen molar-refractivity contribution in [2.75, 3.05) is 45.8 Å². The third-order valence-corrected chi connectivity index (χ3v) is 8.34. The molecule has 42 heavy (non-hydrogen) atoms. The second kappa shape index (κ2) is 13.0. The molecular formula is C28H29ClF2N6O4S. The molecule has 10 nitrogen and oxygen atoms in total. The minimum Gasteiger partial charge on any atom is -0.390 e. The van der Waals surface area contributed by atoms with E-state index < -0.39 is 34.5 Å². The molecule has 1 aromatic heterocycles. The molecule has 5 rings (SSSR count). The summed E-state index contributed by atoms with van der Waals surface area (Å²) in [7, 11) is 0. The van der Waals surface area contributed by atoms with E-state index in [2.05, 4.69) is 10.1 Å². The first kappa shape index (κ1) is 30.3. The Balaban J connectivity index is 1.16. The SMILES string of the molecule is O=C1SC(=Cc2ccc(Cl)cc2)C(=O)N1C[C@H](O)CN1CCN(C[C@](O)(Cn2cncn2)c2ccc(F)cc2F)CC1. The van der Waals surface area contributed by atoms with Crippen LogP contribution in [-0.2, 0) is 16.9 Å². The smallest absolute Gasteiger partial charge is 0.293 e. The number of β-amino-alcohol motifs (C(OH)–C–C–N with tert-alkyl or cyclic N) is 2. The number of thioether (sulfide) groups is 1. The van der Waals surface area contributed by atoms with Gasteiger partial charge in [-0.1, -0.05) is 29.8 Å². The molecule has 222 valence electrons. The minimum absolute atomic E-state index is 0.0421. The van der Waals surface area contributed by atoms with E-state index in [-0.39, 0.29) is 36.6 Å². The van der Waals surface area contributed by atoms with Crippen LogP contribution in [0.5, 0.6) is 0 Å². The highest BCUT2D eigenvalue weighted by Crippen LogP contribution is 2.33. The maximum Gasteiger partial charge on any atom is 0.293 e. The van der Waals surface area contributed by atoms with Crippen molar-refractivity contribution in [3.8, 4) is 0 Å². The van der Waals surface area contributed by atoms with Gasteiger partial charge in [0, 0.05) is 55.9 Å². The number of imide groups is 1. The average Bonchev–Trinajstić information content (AvgIpc) is 3.54. The Kier molecular flexibility index (Phi) is 9.35. The fraction of sp³-hybridized carbons (Fsp3) is 0.357. The van der Waals surface area contributed by atoms with Gasteiger partial charge in [0.15, 0.2) is 0 Å². The molecule has 14 heteroatoms. The van der Waals surface area contributed by atoms with Crippen molar-refractivity contribution in [2.45, 2.75) is 18.2 Å². The van der Waals surface area contributed by atoms with Gasteiger partial charge in [-0.05, 0) is 41.6 Å². The van der Waals surface area contributed by atoms with Crippen LogP contribution in [0.15, 0.2) is 60.0 Å². The molecule has 0 bridgehead atoms. The van der Waals surface area contributed by atoms with Crippen LogP contribution in [0.1, 0.15) is 11.1 Å². The van der Waals surface area contributed by atoms with Gasteiger partial charge in [0.25, 0.3) is 11.1 Å². The highest BCUT2D eigenvalue weighted by atomic mass is 35.5. The number of nitrogens with zero attached hydrogens (tertiary/aromatic N) is 6. The minimum atomic E-state index is -1.71. The molecule has 2 aliphatic rings. The first-order valence-corrected chi connectivity index (χ1v) is 14.4. The first-order chi connectivity index (χ1) is 20.1. The molecule has 0 spiro atoms. The molecule has 2 aliphatic heterocycles. The van der Waals surface area contributed by atoms with E-state index in [1.165, 1.54) is 23.4 Å². The average molecular weight is 619 g/mol. The fourth-order valence-corrected chi connectivity index (χ4v) is 6.08. The van der Waals surface area contributed by atoms with Gasteiger partial charge in [0.2, 0.25) is 0 Å². The van der Waals surface area contributed by atoms with Gasteiger partial charge < -0.3 is 10.2 Å². The lowest BCUT2D eigenvalue weighted by molar-refractivity contribution is -0.123. The van der Waals surface area contributed by atoms with Gasteiger partial charge in [-0.2, -0.15) is 5.10 Å². The van der Waals surface area contributed by atoms with Crippen LogP contribution in [0.4, 0.5) is 13.6 Å². The van der Waals surface area contributed by atoms with Crippen LogP contribution in [-0.4, -0.2) is 103 Å². The number of amides is 2. The third-order valence-electron chi connectivity index (χ3n) is 7.18. The molecule has 2 fully saturated rings. The molecule has 0 aliphatic carbocycles. The van der Waals surface area contributed by atoms with Crippen LogP contribution in [0.2, 0.25) is 5.02 Å². The van der Waals surface area contributed by atoms with Crippen LogP contribution >= 0.6 is 23.4 Å². The maximum atomic E-state index is 14.7. The Morgan fingerprint density at radius 3 is 2.40 bits per heavy atom. The van der Waals surface area contributed by atoms with E-state index in [0.29, 0.717) is 31.2 Å². The first-order valence-electron chi connectivity index (χ1n) is 13.2. The van der Waals surface area contributed by atoms with Crippen molar-refractivity contribution in [3.05, 3.63) is 87.8 Å². The second-order valence-corrected chi connectivity index (χ2v) is 11.8. The number of benzene rings is 2. The van der Waals surface area contributed by atoms with Crippen LogP contribution in [0.3, 0.4) is 0 Å². The predicted octanol–water partition coefficient (Wildman–Crippen LogP) is 2.81. The highest BCUT2D eigenvalue weighted by molar-refractivity contribution is 8.18. The molecule has 2 aromatic carbocycles. The van der Waals surface area contributed by atoms with Gasteiger partial charge in [-0.3, -0.25) is 24.3 Å². The Morgan fingerprint density at radius 2 is 1.74 bits per heavy atom.